The van der Waals surface area contributed by atoms with E-state index in [9.17, 15) is 9.59 Å². The molecule has 0 atom stereocenters. The highest BCUT2D eigenvalue weighted by molar-refractivity contribution is 6.46. The zero-order chi connectivity index (χ0) is 20.1. The van der Waals surface area contributed by atoms with Gasteiger partial charge in [-0.1, -0.05) is 46.4 Å². The third kappa shape index (κ3) is 5.11. The molecular formula is C17H13Cl4NO5. The molecule has 0 saturated carbocycles. The Morgan fingerprint density at radius 2 is 1.56 bits per heavy atom. The lowest BCUT2D eigenvalue weighted by atomic mass is 10.2. The van der Waals surface area contributed by atoms with Gasteiger partial charge in [0.25, 0.3) is 5.91 Å². The van der Waals surface area contributed by atoms with Crippen LogP contribution in [0.2, 0.25) is 20.1 Å². The van der Waals surface area contributed by atoms with Crippen molar-refractivity contribution < 1.29 is 23.8 Å². The van der Waals surface area contributed by atoms with Crippen LogP contribution in [-0.4, -0.2) is 32.7 Å². The monoisotopic (exact) mass is 451 g/mol. The van der Waals surface area contributed by atoms with E-state index in [1.807, 2.05) is 0 Å². The van der Waals surface area contributed by atoms with E-state index in [0.717, 1.165) is 0 Å². The Bertz CT molecular complexity index is 888. The Morgan fingerprint density at radius 1 is 0.926 bits per heavy atom. The predicted molar refractivity (Wildman–Crippen MR) is 105 cm³/mol. The lowest BCUT2D eigenvalue weighted by molar-refractivity contribution is -0.119. The van der Waals surface area contributed by atoms with Crippen LogP contribution < -0.4 is 14.8 Å². The van der Waals surface area contributed by atoms with Crippen molar-refractivity contribution in [2.75, 3.05) is 26.1 Å². The van der Waals surface area contributed by atoms with Crippen molar-refractivity contribution in [3.8, 4) is 11.5 Å². The minimum Gasteiger partial charge on any atom is -0.495 e. The molecule has 1 amide bonds. The Hall–Kier alpha value is -1.86. The van der Waals surface area contributed by atoms with Crippen molar-refractivity contribution >= 4 is 64.0 Å². The van der Waals surface area contributed by atoms with Gasteiger partial charge in [-0.25, -0.2) is 4.79 Å². The first-order chi connectivity index (χ1) is 12.8. The van der Waals surface area contributed by atoms with Crippen molar-refractivity contribution in [3.63, 3.8) is 0 Å². The van der Waals surface area contributed by atoms with Crippen molar-refractivity contribution in [2.45, 2.75) is 0 Å². The summed E-state index contributed by atoms with van der Waals surface area (Å²) in [5.41, 5.74) is 0.169. The second-order valence-corrected chi connectivity index (χ2v) is 6.63. The molecule has 0 aliphatic heterocycles. The number of hydrogen-bond acceptors (Lipinski definition) is 5. The number of esters is 1. The number of halogens is 4. The van der Waals surface area contributed by atoms with Crippen molar-refractivity contribution in [1.29, 1.82) is 0 Å². The lowest BCUT2D eigenvalue weighted by Gasteiger charge is -2.13. The van der Waals surface area contributed by atoms with Crippen LogP contribution in [0.3, 0.4) is 0 Å². The highest BCUT2D eigenvalue weighted by Gasteiger charge is 2.20. The molecule has 0 aliphatic carbocycles. The molecule has 0 spiro atoms. The molecule has 0 radical (unpaired) electrons. The smallest absolute Gasteiger partial charge is 0.341 e. The summed E-state index contributed by atoms with van der Waals surface area (Å²) in [5.74, 6) is -0.868. The second-order valence-electron chi connectivity index (χ2n) is 5.03. The van der Waals surface area contributed by atoms with Crippen molar-refractivity contribution in [3.05, 3.63) is 49.9 Å². The van der Waals surface area contributed by atoms with Crippen LogP contribution in [-0.2, 0) is 9.53 Å². The molecule has 0 unspecified atom stereocenters. The maximum absolute atomic E-state index is 12.2. The van der Waals surface area contributed by atoms with Gasteiger partial charge in [0.2, 0.25) is 0 Å². The van der Waals surface area contributed by atoms with Gasteiger partial charge in [-0.05, 0) is 12.1 Å². The molecule has 0 bridgehead atoms. The summed E-state index contributed by atoms with van der Waals surface area (Å²) >= 11 is 23.8. The SMILES string of the molecule is COc1cc(NC(=O)COC(=O)c2c(Cl)ccc(Cl)c2Cl)c(OC)cc1Cl. The van der Waals surface area contributed by atoms with Gasteiger partial charge in [-0.2, -0.15) is 0 Å². The van der Waals surface area contributed by atoms with E-state index in [-0.39, 0.29) is 20.6 Å². The lowest BCUT2D eigenvalue weighted by Crippen LogP contribution is -2.21. The first kappa shape index (κ1) is 21.4. The highest BCUT2D eigenvalue weighted by Crippen LogP contribution is 2.36. The molecule has 2 aromatic rings. The summed E-state index contributed by atoms with van der Waals surface area (Å²) in [7, 11) is 2.84. The quantitative estimate of drug-likeness (QED) is 0.486. The number of carbonyl (C=O) groups excluding carboxylic acids is 2. The van der Waals surface area contributed by atoms with Crippen molar-refractivity contribution in [1.82, 2.24) is 0 Å². The minimum absolute atomic E-state index is 0.0546. The molecule has 0 aromatic heterocycles. The molecule has 0 saturated heterocycles. The van der Waals surface area contributed by atoms with E-state index in [1.165, 1.54) is 38.5 Å². The van der Waals surface area contributed by atoms with Gasteiger partial charge in [0.1, 0.15) is 11.5 Å². The first-order valence-electron chi connectivity index (χ1n) is 7.30. The minimum atomic E-state index is -0.886. The van der Waals surface area contributed by atoms with Gasteiger partial charge in [0.05, 0.1) is 45.6 Å². The van der Waals surface area contributed by atoms with E-state index >= 15 is 0 Å². The van der Waals surface area contributed by atoms with E-state index in [2.05, 4.69) is 5.32 Å². The molecule has 2 rings (SSSR count). The topological polar surface area (TPSA) is 73.9 Å². The second kappa shape index (κ2) is 9.37. The van der Waals surface area contributed by atoms with Crippen LogP contribution in [0.25, 0.3) is 0 Å². The van der Waals surface area contributed by atoms with Crippen LogP contribution in [0.5, 0.6) is 11.5 Å². The Balaban J connectivity index is 2.09. The molecule has 27 heavy (non-hydrogen) atoms. The largest absolute Gasteiger partial charge is 0.495 e. The number of hydrogen-bond donors (Lipinski definition) is 1. The van der Waals surface area contributed by atoms with E-state index in [0.29, 0.717) is 22.2 Å². The van der Waals surface area contributed by atoms with Gasteiger partial charge in [-0.3, -0.25) is 4.79 Å². The summed E-state index contributed by atoms with van der Waals surface area (Å²) in [6.07, 6.45) is 0. The Labute approximate surface area is 175 Å². The molecule has 1 N–H and O–H groups in total. The van der Waals surface area contributed by atoms with Gasteiger partial charge >= 0.3 is 5.97 Å². The Kier molecular flexibility index (Phi) is 7.44. The molecule has 6 nitrogen and oxygen atoms in total. The van der Waals surface area contributed by atoms with Crippen molar-refractivity contribution in [2.24, 2.45) is 0 Å². The fourth-order valence-electron chi connectivity index (χ4n) is 2.06. The third-order valence-electron chi connectivity index (χ3n) is 3.33. The average Bonchev–Trinajstić information content (AvgIpc) is 2.64. The first-order valence-corrected chi connectivity index (χ1v) is 8.81. The predicted octanol–water partition coefficient (Wildman–Crippen LogP) is 5.11. The molecule has 10 heteroatoms. The maximum Gasteiger partial charge on any atom is 0.341 e. The number of methoxy groups -OCH3 is 2. The number of carbonyl (C=O) groups is 2. The van der Waals surface area contributed by atoms with E-state index in [1.54, 1.807) is 0 Å². The zero-order valence-electron chi connectivity index (χ0n) is 14.1. The summed E-state index contributed by atoms with van der Waals surface area (Å²) in [6, 6.07) is 5.80. The molecule has 0 fully saturated rings. The summed E-state index contributed by atoms with van der Waals surface area (Å²) in [4.78, 5) is 24.3. The number of amides is 1. The molecule has 144 valence electrons. The maximum atomic E-state index is 12.2. The fourth-order valence-corrected chi connectivity index (χ4v) is 2.98. The summed E-state index contributed by atoms with van der Waals surface area (Å²) in [5, 5.41) is 2.98. The summed E-state index contributed by atoms with van der Waals surface area (Å²) < 4.78 is 15.2. The number of nitrogens with one attached hydrogen (secondary N) is 1. The van der Waals surface area contributed by atoms with Crippen LogP contribution >= 0.6 is 46.4 Å². The fraction of sp³-hybridized carbons (Fsp3) is 0.176. The number of ether oxygens (including phenoxy) is 3. The number of benzene rings is 2. The highest BCUT2D eigenvalue weighted by atomic mass is 35.5. The van der Waals surface area contributed by atoms with Gasteiger partial charge in [-0.15, -0.1) is 0 Å². The zero-order valence-corrected chi connectivity index (χ0v) is 17.1. The van der Waals surface area contributed by atoms with E-state index in [4.69, 9.17) is 60.6 Å². The molecule has 2 aromatic carbocycles. The number of anilines is 1. The third-order valence-corrected chi connectivity index (χ3v) is 4.75. The molecule has 0 heterocycles. The molecule has 0 aliphatic rings. The number of rotatable bonds is 6. The van der Waals surface area contributed by atoms with Crippen LogP contribution in [0.15, 0.2) is 24.3 Å². The Morgan fingerprint density at radius 3 is 2.19 bits per heavy atom. The van der Waals surface area contributed by atoms with Crippen LogP contribution in [0.1, 0.15) is 10.4 Å². The average molecular weight is 453 g/mol. The standard InChI is InChI=1S/C17H13Cl4NO5/c1-25-12-6-11(13(26-2)5-10(12)20)22-14(23)7-27-17(24)15-8(18)3-4-9(19)16(15)21/h3-6H,7H2,1-2H3,(H,22,23). The summed E-state index contributed by atoms with van der Waals surface area (Å²) in [6.45, 7) is -0.591. The van der Waals surface area contributed by atoms with Gasteiger partial charge < -0.3 is 19.5 Å². The van der Waals surface area contributed by atoms with Gasteiger partial charge in [0.15, 0.2) is 6.61 Å². The van der Waals surface area contributed by atoms with E-state index < -0.39 is 18.5 Å². The normalized spacial score (nSPS) is 10.3. The van der Waals surface area contributed by atoms with Crippen LogP contribution in [0, 0.1) is 0 Å². The van der Waals surface area contributed by atoms with Crippen LogP contribution in [0.4, 0.5) is 5.69 Å². The molecular weight excluding hydrogens is 440 g/mol. The van der Waals surface area contributed by atoms with Gasteiger partial charge in [0, 0.05) is 12.1 Å².